The summed E-state index contributed by atoms with van der Waals surface area (Å²) in [4.78, 5) is 11.0. The molecule has 0 aromatic carbocycles. The summed E-state index contributed by atoms with van der Waals surface area (Å²) < 4.78 is 62.3. The van der Waals surface area contributed by atoms with Gasteiger partial charge in [-0.25, -0.2) is 0 Å². The van der Waals surface area contributed by atoms with Crippen LogP contribution in [0.4, 0.5) is 22.0 Å². The summed E-state index contributed by atoms with van der Waals surface area (Å²) in [6, 6.07) is 0. The van der Waals surface area contributed by atoms with Crippen molar-refractivity contribution in [1.29, 1.82) is 0 Å². The van der Waals surface area contributed by atoms with Crippen LogP contribution in [0, 0.1) is 0 Å². The van der Waals surface area contributed by atoms with Gasteiger partial charge in [0.15, 0.2) is 0 Å². The summed E-state index contributed by atoms with van der Waals surface area (Å²) in [7, 11) is 0. The largest absolute Gasteiger partial charge is 0.461 e. The van der Waals surface area contributed by atoms with Crippen LogP contribution in [0.15, 0.2) is 12.4 Å². The number of alkyl halides is 5. The van der Waals surface area contributed by atoms with Gasteiger partial charge in [0.2, 0.25) is 5.78 Å². The molecule has 0 fully saturated rings. The van der Waals surface area contributed by atoms with Gasteiger partial charge < -0.3 is 0 Å². The zero-order chi connectivity index (χ0) is 13.3. The van der Waals surface area contributed by atoms with E-state index in [2.05, 4.69) is 5.10 Å². The van der Waals surface area contributed by atoms with Gasteiger partial charge in [0.25, 0.3) is 0 Å². The molecule has 1 heterocycles. The summed E-state index contributed by atoms with van der Waals surface area (Å²) in [6.45, 7) is 2.11. The molecule has 0 aliphatic carbocycles. The lowest BCUT2D eigenvalue weighted by atomic mass is 10.1. The number of nitrogens with zero attached hydrogens (tertiary/aromatic N) is 2. The first-order valence-corrected chi connectivity index (χ1v) is 4.72. The van der Waals surface area contributed by atoms with Crippen LogP contribution in [0.25, 0.3) is 0 Å². The molecule has 0 aliphatic heterocycles. The number of carbonyl (C=O) groups excluding carboxylic acids is 1. The Hall–Kier alpha value is -1.47. The molecule has 0 amide bonds. The van der Waals surface area contributed by atoms with Crippen molar-refractivity contribution in [3.05, 3.63) is 18.0 Å². The zero-order valence-corrected chi connectivity index (χ0v) is 8.76. The van der Waals surface area contributed by atoms with E-state index in [0.29, 0.717) is 19.2 Å². The summed E-state index contributed by atoms with van der Waals surface area (Å²) in [5, 5.41) is 3.52. The first-order chi connectivity index (χ1) is 7.70. The molecule has 0 unspecified atom stereocenters. The molecule has 1 rings (SSSR count). The Morgan fingerprint density at radius 2 is 1.94 bits per heavy atom. The Morgan fingerprint density at radius 3 is 2.41 bits per heavy atom. The van der Waals surface area contributed by atoms with Gasteiger partial charge in [-0.2, -0.15) is 27.1 Å². The molecule has 0 saturated carbocycles. The van der Waals surface area contributed by atoms with Crippen LogP contribution < -0.4 is 0 Å². The van der Waals surface area contributed by atoms with E-state index in [-0.39, 0.29) is 0 Å². The number of hydrogen-bond acceptors (Lipinski definition) is 2. The highest BCUT2D eigenvalue weighted by atomic mass is 19.4. The average Bonchev–Trinajstić information content (AvgIpc) is 2.64. The Labute approximate surface area is 93.2 Å². The molecule has 1 aromatic rings. The number of carbonyl (C=O) groups is 1. The fourth-order valence-corrected chi connectivity index (χ4v) is 1.14. The normalized spacial score (nSPS) is 12.8. The van der Waals surface area contributed by atoms with Crippen molar-refractivity contribution in [1.82, 2.24) is 9.78 Å². The number of halogens is 5. The second kappa shape index (κ2) is 4.42. The van der Waals surface area contributed by atoms with E-state index in [4.69, 9.17) is 0 Å². The van der Waals surface area contributed by atoms with Crippen molar-refractivity contribution in [2.75, 3.05) is 0 Å². The van der Waals surface area contributed by atoms with Gasteiger partial charge in [-0.3, -0.25) is 9.48 Å². The molecular formula is C9H9F5N2O. The van der Waals surface area contributed by atoms with Crippen LogP contribution in [-0.2, 0) is 6.54 Å². The van der Waals surface area contributed by atoms with Gasteiger partial charge in [-0.05, 0) is 6.42 Å². The van der Waals surface area contributed by atoms with Crippen LogP contribution in [0.5, 0.6) is 0 Å². The van der Waals surface area contributed by atoms with E-state index >= 15 is 0 Å². The van der Waals surface area contributed by atoms with E-state index < -0.39 is 23.4 Å². The molecule has 0 aliphatic rings. The average molecular weight is 256 g/mol. The Morgan fingerprint density at radius 1 is 1.35 bits per heavy atom. The number of rotatable bonds is 4. The summed E-state index contributed by atoms with van der Waals surface area (Å²) >= 11 is 0. The first-order valence-electron chi connectivity index (χ1n) is 4.72. The third-order valence-corrected chi connectivity index (χ3v) is 1.99. The topological polar surface area (TPSA) is 34.9 Å². The first kappa shape index (κ1) is 13.6. The van der Waals surface area contributed by atoms with E-state index in [1.54, 1.807) is 6.92 Å². The van der Waals surface area contributed by atoms with E-state index in [9.17, 15) is 26.7 Å². The maximum absolute atomic E-state index is 12.7. The maximum Gasteiger partial charge on any atom is 0.461 e. The van der Waals surface area contributed by atoms with Crippen molar-refractivity contribution in [3.63, 3.8) is 0 Å². The van der Waals surface area contributed by atoms with Gasteiger partial charge in [-0.15, -0.1) is 0 Å². The fraction of sp³-hybridized carbons (Fsp3) is 0.556. The molecule has 0 radical (unpaired) electrons. The Balaban J connectivity index is 2.96. The molecule has 3 nitrogen and oxygen atoms in total. The number of ketones is 1. The molecule has 17 heavy (non-hydrogen) atoms. The van der Waals surface area contributed by atoms with E-state index in [1.165, 1.54) is 0 Å². The van der Waals surface area contributed by atoms with Crippen LogP contribution in [0.3, 0.4) is 0 Å². The minimum Gasteiger partial charge on any atom is -0.287 e. The van der Waals surface area contributed by atoms with Crippen molar-refractivity contribution in [2.45, 2.75) is 32.0 Å². The van der Waals surface area contributed by atoms with Crippen molar-refractivity contribution in [3.8, 4) is 0 Å². The molecule has 0 saturated heterocycles. The molecule has 96 valence electrons. The Bertz CT molecular complexity index is 410. The molecule has 0 N–H and O–H groups in total. The number of aryl methyl sites for hydroxylation is 1. The van der Waals surface area contributed by atoms with Gasteiger partial charge in [0.05, 0.1) is 11.8 Å². The van der Waals surface area contributed by atoms with E-state index in [1.807, 2.05) is 0 Å². The molecular weight excluding hydrogens is 247 g/mol. The third-order valence-electron chi connectivity index (χ3n) is 1.99. The number of aromatic nitrogens is 2. The van der Waals surface area contributed by atoms with Gasteiger partial charge in [-0.1, -0.05) is 6.92 Å². The molecule has 0 bridgehead atoms. The molecule has 0 spiro atoms. The third kappa shape index (κ3) is 2.62. The van der Waals surface area contributed by atoms with Crippen molar-refractivity contribution < 1.29 is 26.7 Å². The van der Waals surface area contributed by atoms with Gasteiger partial charge >= 0.3 is 12.1 Å². The predicted molar refractivity (Wildman–Crippen MR) is 47.9 cm³/mol. The fourth-order valence-electron chi connectivity index (χ4n) is 1.14. The highest BCUT2D eigenvalue weighted by molar-refractivity contribution is 6.01. The smallest absolute Gasteiger partial charge is 0.287 e. The highest BCUT2D eigenvalue weighted by Crippen LogP contribution is 2.37. The number of hydrogen-bond donors (Lipinski definition) is 0. The maximum atomic E-state index is 12.7. The Kier molecular flexibility index (Phi) is 3.53. The summed E-state index contributed by atoms with van der Waals surface area (Å²) in [6.07, 6.45) is -3.69. The zero-order valence-electron chi connectivity index (χ0n) is 8.76. The highest BCUT2D eigenvalue weighted by Gasteiger charge is 2.63. The van der Waals surface area contributed by atoms with Crippen LogP contribution in [0.1, 0.15) is 23.7 Å². The summed E-state index contributed by atoms with van der Waals surface area (Å²) in [5.41, 5.74) is -0.749. The van der Waals surface area contributed by atoms with Crippen molar-refractivity contribution >= 4 is 5.78 Å². The minimum atomic E-state index is -5.89. The quantitative estimate of drug-likeness (QED) is 0.613. The monoisotopic (exact) mass is 256 g/mol. The SMILES string of the molecule is CCCn1cc(C(=O)C(F)(F)C(F)(F)F)cn1. The second-order valence-electron chi connectivity index (χ2n) is 3.39. The standard InChI is InChI=1S/C9H9F5N2O/c1-2-3-16-5-6(4-15-16)7(17)8(10,11)9(12,13)14/h4-5H,2-3H2,1H3. The second-order valence-corrected chi connectivity index (χ2v) is 3.39. The van der Waals surface area contributed by atoms with Gasteiger partial charge in [0.1, 0.15) is 0 Å². The molecule has 8 heteroatoms. The van der Waals surface area contributed by atoms with Crippen LogP contribution in [-0.4, -0.2) is 27.7 Å². The van der Waals surface area contributed by atoms with Crippen molar-refractivity contribution in [2.24, 2.45) is 0 Å². The van der Waals surface area contributed by atoms with Crippen LogP contribution >= 0.6 is 0 Å². The number of Topliss-reactive ketones (excluding diaryl/α,β-unsaturated/α-hetero) is 1. The minimum absolute atomic E-state index is 0.338. The molecule has 1 aromatic heterocycles. The van der Waals surface area contributed by atoms with Gasteiger partial charge in [0, 0.05) is 12.7 Å². The van der Waals surface area contributed by atoms with E-state index in [0.717, 1.165) is 10.9 Å². The predicted octanol–water partition coefficient (Wildman–Crippen LogP) is 2.67. The lowest BCUT2D eigenvalue weighted by Crippen LogP contribution is -2.43. The van der Waals surface area contributed by atoms with Crippen LogP contribution in [0.2, 0.25) is 0 Å². The lowest BCUT2D eigenvalue weighted by Gasteiger charge is -2.16. The lowest BCUT2D eigenvalue weighted by molar-refractivity contribution is -0.255. The molecule has 0 atom stereocenters. The summed E-state index contributed by atoms with van der Waals surface area (Å²) in [5.74, 6) is -7.67.